The molecule has 0 saturated carbocycles. The quantitative estimate of drug-likeness (QED) is 0.866. The third-order valence-electron chi connectivity index (χ3n) is 2.77. The summed E-state index contributed by atoms with van der Waals surface area (Å²) in [6.07, 6.45) is 1.65. The van der Waals surface area contributed by atoms with Gasteiger partial charge in [-0.1, -0.05) is 17.7 Å². The zero-order valence-electron chi connectivity index (χ0n) is 10.8. The minimum atomic E-state index is -0.168. The molecule has 1 aromatic heterocycles. The molecule has 2 aromatic rings. The summed E-state index contributed by atoms with van der Waals surface area (Å²) >= 11 is 6.08. The highest BCUT2D eigenvalue weighted by molar-refractivity contribution is 6.31. The molecule has 0 radical (unpaired) electrons. The minimum absolute atomic E-state index is 0.168. The number of benzene rings is 1. The van der Waals surface area contributed by atoms with Crippen molar-refractivity contribution in [3.8, 4) is 0 Å². The average molecular weight is 279 g/mol. The van der Waals surface area contributed by atoms with Crippen molar-refractivity contribution in [1.82, 2.24) is 9.78 Å². The largest absolute Gasteiger partial charge is 0.399 e. The maximum atomic E-state index is 11.9. The molecule has 19 heavy (non-hydrogen) atoms. The molecule has 0 aliphatic heterocycles. The summed E-state index contributed by atoms with van der Waals surface area (Å²) in [6.45, 7) is 0.325. The number of rotatable bonds is 3. The topological polar surface area (TPSA) is 64.2 Å². The first-order chi connectivity index (χ1) is 8.97. The molecule has 0 saturated heterocycles. The summed E-state index contributed by atoms with van der Waals surface area (Å²) in [7, 11) is 3.72. The lowest BCUT2D eigenvalue weighted by molar-refractivity contribution is 0.638. The summed E-state index contributed by atoms with van der Waals surface area (Å²) in [5, 5.41) is 4.66. The SMILES string of the molecule is CN(C)c1cnn(Cc2ccc(N)cc2Cl)c(=O)c1. The zero-order valence-corrected chi connectivity index (χ0v) is 11.6. The van der Waals surface area contributed by atoms with E-state index in [1.807, 2.05) is 19.0 Å². The van der Waals surface area contributed by atoms with Crippen LogP contribution in [0.2, 0.25) is 5.02 Å². The number of anilines is 2. The number of hydrogen-bond donors (Lipinski definition) is 1. The fraction of sp³-hybridized carbons (Fsp3) is 0.231. The van der Waals surface area contributed by atoms with Crippen molar-refractivity contribution in [2.24, 2.45) is 0 Å². The van der Waals surface area contributed by atoms with Crippen LogP contribution in [-0.4, -0.2) is 23.9 Å². The lowest BCUT2D eigenvalue weighted by atomic mass is 10.2. The molecular weight excluding hydrogens is 264 g/mol. The standard InChI is InChI=1S/C13H15ClN4O/c1-17(2)11-6-13(19)18(16-7-11)8-9-3-4-10(15)5-12(9)14/h3-7H,8,15H2,1-2H3. The maximum absolute atomic E-state index is 11.9. The third-order valence-corrected chi connectivity index (χ3v) is 3.12. The highest BCUT2D eigenvalue weighted by Gasteiger charge is 2.06. The van der Waals surface area contributed by atoms with Gasteiger partial charge in [-0.05, 0) is 17.7 Å². The Morgan fingerprint density at radius 3 is 2.68 bits per heavy atom. The molecule has 5 nitrogen and oxygen atoms in total. The summed E-state index contributed by atoms with van der Waals surface area (Å²) < 4.78 is 1.37. The number of hydrogen-bond acceptors (Lipinski definition) is 4. The van der Waals surface area contributed by atoms with Crippen LogP contribution in [0.1, 0.15) is 5.56 Å². The monoisotopic (exact) mass is 278 g/mol. The molecule has 6 heteroatoms. The Bertz CT molecular complexity index is 651. The molecule has 0 unspecified atom stereocenters. The number of nitrogen functional groups attached to an aromatic ring is 1. The first kappa shape index (κ1) is 13.4. The van der Waals surface area contributed by atoms with E-state index in [2.05, 4.69) is 5.10 Å². The molecule has 0 amide bonds. The fourth-order valence-corrected chi connectivity index (χ4v) is 1.89. The Kier molecular flexibility index (Phi) is 3.76. The Labute approximate surface area is 116 Å². The molecule has 0 fully saturated rings. The minimum Gasteiger partial charge on any atom is -0.399 e. The third kappa shape index (κ3) is 3.06. The average Bonchev–Trinajstić information content (AvgIpc) is 2.34. The first-order valence-electron chi connectivity index (χ1n) is 5.76. The predicted octanol–water partition coefficient (Wildman–Crippen LogP) is 1.59. The van der Waals surface area contributed by atoms with E-state index in [1.54, 1.807) is 24.4 Å². The van der Waals surface area contributed by atoms with Gasteiger partial charge in [-0.3, -0.25) is 4.79 Å². The lowest BCUT2D eigenvalue weighted by Gasteiger charge is -2.12. The Balaban J connectivity index is 2.31. The summed E-state index contributed by atoms with van der Waals surface area (Å²) in [5.41, 5.74) is 7.63. The van der Waals surface area contributed by atoms with Gasteiger partial charge in [0.05, 0.1) is 18.4 Å². The second kappa shape index (κ2) is 5.32. The Morgan fingerprint density at radius 1 is 1.37 bits per heavy atom. The molecule has 2 rings (SSSR count). The normalized spacial score (nSPS) is 10.5. The van der Waals surface area contributed by atoms with Gasteiger partial charge in [0.15, 0.2) is 0 Å². The van der Waals surface area contributed by atoms with Crippen molar-refractivity contribution >= 4 is 23.0 Å². The molecule has 0 spiro atoms. The van der Waals surface area contributed by atoms with Crippen LogP contribution < -0.4 is 16.2 Å². The van der Waals surface area contributed by atoms with E-state index in [1.165, 1.54) is 10.7 Å². The van der Waals surface area contributed by atoms with Gasteiger partial charge < -0.3 is 10.6 Å². The van der Waals surface area contributed by atoms with Crippen LogP contribution in [-0.2, 0) is 6.54 Å². The van der Waals surface area contributed by atoms with E-state index in [0.29, 0.717) is 17.3 Å². The first-order valence-corrected chi connectivity index (χ1v) is 6.13. The Hall–Kier alpha value is -2.01. The highest BCUT2D eigenvalue weighted by Crippen LogP contribution is 2.19. The van der Waals surface area contributed by atoms with Gasteiger partial charge >= 0.3 is 0 Å². The van der Waals surface area contributed by atoms with Crippen LogP contribution in [0.4, 0.5) is 11.4 Å². The van der Waals surface area contributed by atoms with Gasteiger partial charge in [0.1, 0.15) is 0 Å². The van der Waals surface area contributed by atoms with E-state index in [0.717, 1.165) is 11.3 Å². The number of nitrogens with zero attached hydrogens (tertiary/aromatic N) is 3. The second-order valence-electron chi connectivity index (χ2n) is 4.45. The van der Waals surface area contributed by atoms with Gasteiger partial charge in [0.2, 0.25) is 0 Å². The molecule has 0 aliphatic carbocycles. The number of halogens is 1. The van der Waals surface area contributed by atoms with Gasteiger partial charge in [-0.2, -0.15) is 5.10 Å². The fourth-order valence-electron chi connectivity index (χ4n) is 1.64. The molecule has 1 aromatic carbocycles. The van der Waals surface area contributed by atoms with Gasteiger partial charge in [-0.15, -0.1) is 0 Å². The van der Waals surface area contributed by atoms with E-state index < -0.39 is 0 Å². The lowest BCUT2D eigenvalue weighted by Crippen LogP contribution is -2.24. The maximum Gasteiger partial charge on any atom is 0.269 e. The van der Waals surface area contributed by atoms with Crippen LogP contribution in [0.5, 0.6) is 0 Å². The number of aromatic nitrogens is 2. The van der Waals surface area contributed by atoms with Crippen molar-refractivity contribution in [2.75, 3.05) is 24.7 Å². The zero-order chi connectivity index (χ0) is 14.0. The van der Waals surface area contributed by atoms with E-state index >= 15 is 0 Å². The molecule has 1 heterocycles. The molecule has 100 valence electrons. The molecule has 0 bridgehead atoms. The molecule has 2 N–H and O–H groups in total. The van der Waals surface area contributed by atoms with Crippen LogP contribution in [0.25, 0.3) is 0 Å². The predicted molar refractivity (Wildman–Crippen MR) is 77.8 cm³/mol. The van der Waals surface area contributed by atoms with Gasteiger partial charge in [0, 0.05) is 30.9 Å². The van der Waals surface area contributed by atoms with Crippen LogP contribution >= 0.6 is 11.6 Å². The Morgan fingerprint density at radius 2 is 2.11 bits per heavy atom. The van der Waals surface area contributed by atoms with Crippen LogP contribution in [0.3, 0.4) is 0 Å². The van der Waals surface area contributed by atoms with Gasteiger partial charge in [0.25, 0.3) is 5.56 Å². The van der Waals surface area contributed by atoms with Crippen molar-refractivity contribution in [1.29, 1.82) is 0 Å². The number of nitrogens with two attached hydrogens (primary N) is 1. The van der Waals surface area contributed by atoms with E-state index in [4.69, 9.17) is 17.3 Å². The van der Waals surface area contributed by atoms with Gasteiger partial charge in [-0.25, -0.2) is 4.68 Å². The molecular formula is C13H15ClN4O. The smallest absolute Gasteiger partial charge is 0.269 e. The van der Waals surface area contributed by atoms with Crippen LogP contribution in [0.15, 0.2) is 35.3 Å². The summed E-state index contributed by atoms with van der Waals surface area (Å²) in [6, 6.07) is 6.75. The highest BCUT2D eigenvalue weighted by atomic mass is 35.5. The van der Waals surface area contributed by atoms with Crippen molar-refractivity contribution in [3.63, 3.8) is 0 Å². The summed E-state index contributed by atoms with van der Waals surface area (Å²) in [4.78, 5) is 13.8. The van der Waals surface area contributed by atoms with E-state index in [-0.39, 0.29) is 5.56 Å². The molecule has 0 atom stereocenters. The van der Waals surface area contributed by atoms with Crippen LogP contribution in [0, 0.1) is 0 Å². The molecule has 0 aliphatic rings. The second-order valence-corrected chi connectivity index (χ2v) is 4.86. The van der Waals surface area contributed by atoms with Crippen molar-refractivity contribution in [3.05, 3.63) is 51.4 Å². The summed E-state index contributed by atoms with van der Waals surface area (Å²) in [5.74, 6) is 0. The van der Waals surface area contributed by atoms with Crippen molar-refractivity contribution in [2.45, 2.75) is 6.54 Å². The van der Waals surface area contributed by atoms with Crippen molar-refractivity contribution < 1.29 is 0 Å². The van der Waals surface area contributed by atoms with E-state index in [9.17, 15) is 4.79 Å².